The van der Waals surface area contributed by atoms with Gasteiger partial charge in [-0.05, 0) is 30.4 Å². The summed E-state index contributed by atoms with van der Waals surface area (Å²) in [5.41, 5.74) is 1.16. The summed E-state index contributed by atoms with van der Waals surface area (Å²) in [6.07, 6.45) is 1.75. The molecule has 0 aliphatic rings. The molecule has 1 rings (SSSR count). The molecule has 0 aliphatic heterocycles. The zero-order valence-electron chi connectivity index (χ0n) is 14.2. The average molecular weight is 306 g/mol. The highest BCUT2D eigenvalue weighted by molar-refractivity contribution is 6.04. The summed E-state index contributed by atoms with van der Waals surface area (Å²) in [4.78, 5) is 24.5. The summed E-state index contributed by atoms with van der Waals surface area (Å²) in [6, 6.07) is 5.14. The monoisotopic (exact) mass is 306 g/mol. The van der Waals surface area contributed by atoms with E-state index >= 15 is 0 Å². The molecule has 0 atom stereocenters. The largest absolute Gasteiger partial charge is 0.462 e. The van der Waals surface area contributed by atoms with Crippen molar-refractivity contribution in [3.8, 4) is 0 Å². The average Bonchev–Trinajstić information content (AvgIpc) is 2.44. The summed E-state index contributed by atoms with van der Waals surface area (Å²) in [5.74, 6) is -0.949. The number of benzene rings is 1. The fraction of sp³-hybridized carbons (Fsp3) is 0.556. The molecule has 4 heteroatoms. The summed E-state index contributed by atoms with van der Waals surface area (Å²) in [7, 11) is 0. The van der Waals surface area contributed by atoms with Crippen LogP contribution >= 0.6 is 0 Å². The molecule has 4 nitrogen and oxygen atoms in total. The molecule has 22 heavy (non-hydrogen) atoms. The number of aryl methyl sites for hydroxylation is 1. The van der Waals surface area contributed by atoms with Crippen molar-refractivity contribution in [2.45, 2.75) is 47.5 Å². The number of carbonyl (C=O) groups is 2. The van der Waals surface area contributed by atoms with Gasteiger partial charge in [0.25, 0.3) is 0 Å². The Morgan fingerprint density at radius 3 is 2.36 bits per heavy atom. The van der Waals surface area contributed by atoms with Crippen LogP contribution in [0.5, 0.6) is 0 Å². The fourth-order valence-corrected chi connectivity index (χ4v) is 1.85. The van der Waals surface area contributed by atoms with E-state index in [0.29, 0.717) is 24.3 Å². The van der Waals surface area contributed by atoms with E-state index in [-0.39, 0.29) is 11.0 Å². The number of rotatable bonds is 6. The SMILES string of the molecule is CCCCOC(=O)c1cccc(C)c1C(=O)OCC(C)(C)C. The van der Waals surface area contributed by atoms with E-state index in [1.54, 1.807) is 25.1 Å². The third kappa shape index (κ3) is 5.51. The third-order valence-corrected chi connectivity index (χ3v) is 3.06. The highest BCUT2D eigenvalue weighted by atomic mass is 16.5. The molecule has 0 radical (unpaired) electrons. The van der Waals surface area contributed by atoms with Crippen molar-refractivity contribution in [3.05, 3.63) is 34.9 Å². The number of carbonyl (C=O) groups excluding carboxylic acids is 2. The molecule has 0 aliphatic carbocycles. The Hall–Kier alpha value is -1.84. The lowest BCUT2D eigenvalue weighted by Crippen LogP contribution is -2.21. The van der Waals surface area contributed by atoms with Gasteiger partial charge in [-0.25, -0.2) is 9.59 Å². The molecule has 0 unspecified atom stereocenters. The maximum absolute atomic E-state index is 12.3. The first-order valence-corrected chi connectivity index (χ1v) is 7.70. The predicted molar refractivity (Wildman–Crippen MR) is 86.1 cm³/mol. The molecule has 0 saturated carbocycles. The van der Waals surface area contributed by atoms with Crippen LogP contribution in [0.4, 0.5) is 0 Å². The van der Waals surface area contributed by atoms with Crippen molar-refractivity contribution in [2.75, 3.05) is 13.2 Å². The number of ether oxygens (including phenoxy) is 2. The van der Waals surface area contributed by atoms with E-state index in [0.717, 1.165) is 12.8 Å². The van der Waals surface area contributed by atoms with Gasteiger partial charge in [-0.15, -0.1) is 0 Å². The summed E-state index contributed by atoms with van der Waals surface area (Å²) >= 11 is 0. The number of unbranched alkanes of at least 4 members (excludes halogenated alkanes) is 1. The van der Waals surface area contributed by atoms with Crippen LogP contribution in [-0.4, -0.2) is 25.2 Å². The fourth-order valence-electron chi connectivity index (χ4n) is 1.85. The molecule has 0 bridgehead atoms. The van der Waals surface area contributed by atoms with E-state index in [1.807, 2.05) is 27.7 Å². The second kappa shape index (κ2) is 7.97. The Morgan fingerprint density at radius 1 is 1.09 bits per heavy atom. The molecule has 0 amide bonds. The van der Waals surface area contributed by atoms with Crippen LogP contribution in [0.2, 0.25) is 0 Å². The van der Waals surface area contributed by atoms with E-state index < -0.39 is 11.9 Å². The molecule has 0 N–H and O–H groups in total. The lowest BCUT2D eigenvalue weighted by atomic mass is 9.98. The molecule has 0 aromatic heterocycles. The van der Waals surface area contributed by atoms with Crippen molar-refractivity contribution >= 4 is 11.9 Å². The summed E-state index contributed by atoms with van der Waals surface area (Å²) < 4.78 is 10.6. The first kappa shape index (κ1) is 18.2. The van der Waals surface area contributed by atoms with Crippen LogP contribution in [0.25, 0.3) is 0 Å². The molecule has 0 saturated heterocycles. The molecule has 122 valence electrons. The van der Waals surface area contributed by atoms with Gasteiger partial charge in [-0.3, -0.25) is 0 Å². The van der Waals surface area contributed by atoms with Crippen molar-refractivity contribution in [1.82, 2.24) is 0 Å². The third-order valence-electron chi connectivity index (χ3n) is 3.06. The van der Waals surface area contributed by atoms with Gasteiger partial charge in [0.2, 0.25) is 0 Å². The van der Waals surface area contributed by atoms with E-state index in [4.69, 9.17) is 9.47 Å². The molecule has 0 fully saturated rings. The highest BCUT2D eigenvalue weighted by Gasteiger charge is 2.23. The molecular weight excluding hydrogens is 280 g/mol. The van der Waals surface area contributed by atoms with Gasteiger partial charge < -0.3 is 9.47 Å². The molecule has 1 aromatic carbocycles. The first-order valence-electron chi connectivity index (χ1n) is 7.70. The second-order valence-corrected chi connectivity index (χ2v) is 6.62. The van der Waals surface area contributed by atoms with Gasteiger partial charge in [0.05, 0.1) is 24.3 Å². The van der Waals surface area contributed by atoms with Crippen LogP contribution in [0.1, 0.15) is 66.8 Å². The topological polar surface area (TPSA) is 52.6 Å². The van der Waals surface area contributed by atoms with Crippen LogP contribution in [0, 0.1) is 12.3 Å². The molecular formula is C18H26O4. The van der Waals surface area contributed by atoms with Crippen molar-refractivity contribution in [3.63, 3.8) is 0 Å². The van der Waals surface area contributed by atoms with Gasteiger partial charge in [0.1, 0.15) is 0 Å². The lowest BCUT2D eigenvalue weighted by Gasteiger charge is -2.19. The number of esters is 2. The first-order chi connectivity index (χ1) is 10.3. The second-order valence-electron chi connectivity index (χ2n) is 6.62. The van der Waals surface area contributed by atoms with Crippen LogP contribution in [0.3, 0.4) is 0 Å². The maximum Gasteiger partial charge on any atom is 0.339 e. The Balaban J connectivity index is 2.93. The normalized spacial score (nSPS) is 11.1. The summed E-state index contributed by atoms with van der Waals surface area (Å²) in [5, 5.41) is 0. The van der Waals surface area contributed by atoms with Gasteiger partial charge in [-0.1, -0.05) is 46.2 Å². The molecule has 1 aromatic rings. The lowest BCUT2D eigenvalue weighted by molar-refractivity contribution is 0.0352. The van der Waals surface area contributed by atoms with Gasteiger partial charge >= 0.3 is 11.9 Å². The molecule has 0 spiro atoms. The quantitative estimate of drug-likeness (QED) is 0.585. The predicted octanol–water partition coefficient (Wildman–Crippen LogP) is 4.15. The van der Waals surface area contributed by atoms with Crippen LogP contribution in [-0.2, 0) is 9.47 Å². The minimum atomic E-state index is -0.476. The smallest absolute Gasteiger partial charge is 0.339 e. The van der Waals surface area contributed by atoms with Crippen molar-refractivity contribution in [2.24, 2.45) is 5.41 Å². The Bertz CT molecular complexity index is 526. The van der Waals surface area contributed by atoms with Gasteiger partial charge in [-0.2, -0.15) is 0 Å². The highest BCUT2D eigenvalue weighted by Crippen LogP contribution is 2.19. The number of hydrogen-bond acceptors (Lipinski definition) is 4. The van der Waals surface area contributed by atoms with Crippen molar-refractivity contribution in [1.29, 1.82) is 0 Å². The van der Waals surface area contributed by atoms with Crippen molar-refractivity contribution < 1.29 is 19.1 Å². The van der Waals surface area contributed by atoms with Crippen LogP contribution < -0.4 is 0 Å². The van der Waals surface area contributed by atoms with E-state index in [1.165, 1.54) is 0 Å². The maximum atomic E-state index is 12.3. The molecule has 0 heterocycles. The summed E-state index contributed by atoms with van der Waals surface area (Å²) in [6.45, 7) is 10.4. The number of hydrogen-bond donors (Lipinski definition) is 0. The van der Waals surface area contributed by atoms with Gasteiger partial charge in [0.15, 0.2) is 0 Å². The minimum Gasteiger partial charge on any atom is -0.462 e. The minimum absolute atomic E-state index is 0.125. The zero-order valence-corrected chi connectivity index (χ0v) is 14.2. The van der Waals surface area contributed by atoms with E-state index in [2.05, 4.69) is 0 Å². The van der Waals surface area contributed by atoms with Crippen LogP contribution in [0.15, 0.2) is 18.2 Å². The zero-order chi connectivity index (χ0) is 16.8. The van der Waals surface area contributed by atoms with E-state index in [9.17, 15) is 9.59 Å². The standard InChI is InChI=1S/C18H26O4/c1-6-7-11-21-16(19)14-10-8-9-13(2)15(14)17(20)22-12-18(3,4)5/h8-10H,6-7,11-12H2,1-5H3. The van der Waals surface area contributed by atoms with Gasteiger partial charge in [0, 0.05) is 0 Å². The Morgan fingerprint density at radius 2 is 1.77 bits per heavy atom. The Kier molecular flexibility index (Phi) is 6.60. The Labute approximate surface area is 132 Å².